The second-order valence-electron chi connectivity index (χ2n) is 3.18. The summed E-state index contributed by atoms with van der Waals surface area (Å²) in [6.45, 7) is 0. The van der Waals surface area contributed by atoms with Crippen LogP contribution in [0.4, 0.5) is 4.79 Å². The van der Waals surface area contributed by atoms with Crippen LogP contribution in [0.25, 0.3) is 0 Å². The molecule has 6 heteroatoms. The number of nitrogens with zero attached hydrogens (tertiary/aromatic N) is 2. The van der Waals surface area contributed by atoms with Crippen molar-refractivity contribution in [3.8, 4) is 17.2 Å². The Hall–Kier alpha value is -2.50. The van der Waals surface area contributed by atoms with Crippen LogP contribution < -0.4 is 9.47 Å². The van der Waals surface area contributed by atoms with E-state index in [1.165, 1.54) is 12.4 Å². The summed E-state index contributed by atoms with van der Waals surface area (Å²) in [5.74, 6) is 1.56. The Morgan fingerprint density at radius 2 is 2.12 bits per heavy atom. The van der Waals surface area contributed by atoms with Crippen LogP contribution in [0.2, 0.25) is 0 Å². The SMILES string of the molecule is COc1cccc(Oc2cnn(C(=O)O)c2)c1. The van der Waals surface area contributed by atoms with Gasteiger partial charge in [0.05, 0.1) is 19.5 Å². The summed E-state index contributed by atoms with van der Waals surface area (Å²) in [4.78, 5) is 10.6. The van der Waals surface area contributed by atoms with Gasteiger partial charge < -0.3 is 14.6 Å². The zero-order valence-corrected chi connectivity index (χ0v) is 9.03. The Bertz CT molecular complexity index is 536. The Labute approximate surface area is 97.0 Å². The molecule has 17 heavy (non-hydrogen) atoms. The van der Waals surface area contributed by atoms with Gasteiger partial charge in [-0.05, 0) is 12.1 Å². The van der Waals surface area contributed by atoms with Gasteiger partial charge in [-0.1, -0.05) is 6.07 Å². The van der Waals surface area contributed by atoms with Crippen LogP contribution in [-0.2, 0) is 0 Å². The Balaban J connectivity index is 2.16. The second-order valence-corrected chi connectivity index (χ2v) is 3.18. The lowest BCUT2D eigenvalue weighted by atomic mass is 10.3. The maximum atomic E-state index is 10.6. The number of rotatable bonds is 3. The van der Waals surface area contributed by atoms with Crippen molar-refractivity contribution in [3.05, 3.63) is 36.7 Å². The molecule has 0 aliphatic carbocycles. The van der Waals surface area contributed by atoms with Gasteiger partial charge in [-0.3, -0.25) is 0 Å². The van der Waals surface area contributed by atoms with Crippen LogP contribution in [0.15, 0.2) is 36.7 Å². The fourth-order valence-corrected chi connectivity index (χ4v) is 1.26. The van der Waals surface area contributed by atoms with E-state index in [1.807, 2.05) is 0 Å². The standard InChI is InChI=1S/C11H10N2O4/c1-16-8-3-2-4-9(5-8)17-10-6-12-13(7-10)11(14)15/h2-7H,1H3,(H,14,15). The van der Waals surface area contributed by atoms with Crippen LogP contribution >= 0.6 is 0 Å². The molecule has 0 atom stereocenters. The van der Waals surface area contributed by atoms with Gasteiger partial charge >= 0.3 is 6.09 Å². The normalized spacial score (nSPS) is 9.94. The number of hydrogen-bond donors (Lipinski definition) is 1. The van der Waals surface area contributed by atoms with E-state index in [9.17, 15) is 4.79 Å². The van der Waals surface area contributed by atoms with E-state index in [-0.39, 0.29) is 0 Å². The molecule has 0 unspecified atom stereocenters. The molecule has 1 aromatic carbocycles. The molecule has 1 aromatic heterocycles. The molecule has 0 fully saturated rings. The molecule has 6 nitrogen and oxygen atoms in total. The highest BCUT2D eigenvalue weighted by Gasteiger charge is 2.06. The summed E-state index contributed by atoms with van der Waals surface area (Å²) in [6.07, 6.45) is 1.44. The van der Waals surface area contributed by atoms with Gasteiger partial charge in [-0.2, -0.15) is 9.78 Å². The van der Waals surface area contributed by atoms with Crippen molar-refractivity contribution in [3.63, 3.8) is 0 Å². The van der Waals surface area contributed by atoms with Gasteiger partial charge in [0.2, 0.25) is 0 Å². The number of carboxylic acid groups (broad SMARTS) is 1. The van der Waals surface area contributed by atoms with Crippen molar-refractivity contribution in [1.29, 1.82) is 0 Å². The lowest BCUT2D eigenvalue weighted by Gasteiger charge is -2.04. The average Bonchev–Trinajstić information content (AvgIpc) is 2.78. The van der Waals surface area contributed by atoms with E-state index < -0.39 is 6.09 Å². The minimum Gasteiger partial charge on any atom is -0.497 e. The third-order valence-corrected chi connectivity index (χ3v) is 2.03. The molecule has 2 aromatic rings. The fourth-order valence-electron chi connectivity index (χ4n) is 1.26. The molecule has 0 radical (unpaired) electrons. The minimum absolute atomic E-state index is 0.348. The number of methoxy groups -OCH3 is 1. The van der Waals surface area contributed by atoms with Crippen molar-refractivity contribution < 1.29 is 19.4 Å². The molecule has 0 spiro atoms. The van der Waals surface area contributed by atoms with E-state index in [4.69, 9.17) is 14.6 Å². The highest BCUT2D eigenvalue weighted by atomic mass is 16.5. The highest BCUT2D eigenvalue weighted by Crippen LogP contribution is 2.24. The summed E-state index contributed by atoms with van der Waals surface area (Å²) in [6, 6.07) is 6.99. The van der Waals surface area contributed by atoms with Crippen molar-refractivity contribution in [2.75, 3.05) is 7.11 Å². The van der Waals surface area contributed by atoms with Crippen LogP contribution in [-0.4, -0.2) is 28.1 Å². The third-order valence-electron chi connectivity index (χ3n) is 2.03. The first-order chi connectivity index (χ1) is 8.19. The first-order valence-corrected chi connectivity index (χ1v) is 4.79. The molecule has 0 aliphatic heterocycles. The quantitative estimate of drug-likeness (QED) is 0.881. The molecule has 1 heterocycles. The third kappa shape index (κ3) is 2.54. The molecule has 0 saturated heterocycles. The lowest BCUT2D eigenvalue weighted by molar-refractivity contribution is 0.192. The van der Waals surface area contributed by atoms with E-state index in [0.29, 0.717) is 17.2 Å². The molecule has 0 aliphatic rings. The van der Waals surface area contributed by atoms with Gasteiger partial charge in [-0.25, -0.2) is 4.79 Å². The highest BCUT2D eigenvalue weighted by molar-refractivity contribution is 5.67. The number of ether oxygens (including phenoxy) is 2. The lowest BCUT2D eigenvalue weighted by Crippen LogP contribution is -2.07. The van der Waals surface area contributed by atoms with E-state index >= 15 is 0 Å². The topological polar surface area (TPSA) is 73.6 Å². The first-order valence-electron chi connectivity index (χ1n) is 4.79. The Morgan fingerprint density at radius 1 is 1.35 bits per heavy atom. The molecule has 1 N–H and O–H groups in total. The van der Waals surface area contributed by atoms with Gasteiger partial charge in [0.25, 0.3) is 0 Å². The number of benzene rings is 1. The predicted octanol–water partition coefficient (Wildman–Crippen LogP) is 2.21. The van der Waals surface area contributed by atoms with E-state index in [1.54, 1.807) is 31.4 Å². The maximum absolute atomic E-state index is 10.6. The van der Waals surface area contributed by atoms with Gasteiger partial charge in [0.1, 0.15) is 11.5 Å². The molecule has 88 valence electrons. The summed E-state index contributed by atoms with van der Waals surface area (Å²) >= 11 is 0. The number of hydrogen-bond acceptors (Lipinski definition) is 4. The molecule has 2 rings (SSSR count). The number of aromatic nitrogens is 2. The van der Waals surface area contributed by atoms with Gasteiger partial charge in [0.15, 0.2) is 5.75 Å². The molecule has 0 bridgehead atoms. The zero-order chi connectivity index (χ0) is 12.3. The van der Waals surface area contributed by atoms with Crippen molar-refractivity contribution in [1.82, 2.24) is 9.78 Å². The van der Waals surface area contributed by atoms with E-state index in [0.717, 1.165) is 4.68 Å². The second kappa shape index (κ2) is 4.56. The van der Waals surface area contributed by atoms with E-state index in [2.05, 4.69) is 5.10 Å². The Morgan fingerprint density at radius 3 is 2.76 bits per heavy atom. The minimum atomic E-state index is -1.16. The van der Waals surface area contributed by atoms with Gasteiger partial charge in [0, 0.05) is 6.07 Å². The van der Waals surface area contributed by atoms with Crippen molar-refractivity contribution in [2.24, 2.45) is 0 Å². The van der Waals surface area contributed by atoms with Crippen LogP contribution in [0.5, 0.6) is 17.2 Å². The fraction of sp³-hybridized carbons (Fsp3) is 0.0909. The van der Waals surface area contributed by atoms with Crippen molar-refractivity contribution in [2.45, 2.75) is 0 Å². The molecule has 0 saturated carbocycles. The van der Waals surface area contributed by atoms with Crippen LogP contribution in [0.3, 0.4) is 0 Å². The largest absolute Gasteiger partial charge is 0.497 e. The smallest absolute Gasteiger partial charge is 0.432 e. The zero-order valence-electron chi connectivity index (χ0n) is 9.03. The summed E-state index contributed by atoms with van der Waals surface area (Å²) in [7, 11) is 1.56. The van der Waals surface area contributed by atoms with Crippen molar-refractivity contribution >= 4 is 6.09 Å². The van der Waals surface area contributed by atoms with Gasteiger partial charge in [-0.15, -0.1) is 0 Å². The van der Waals surface area contributed by atoms with Crippen LogP contribution in [0.1, 0.15) is 0 Å². The monoisotopic (exact) mass is 234 g/mol. The van der Waals surface area contributed by atoms with Crippen LogP contribution in [0, 0.1) is 0 Å². The first kappa shape index (κ1) is 11.0. The maximum Gasteiger partial charge on any atom is 0.432 e. The summed E-state index contributed by atoms with van der Waals surface area (Å²) in [5.41, 5.74) is 0. The Kier molecular flexibility index (Phi) is 2.95. The predicted molar refractivity (Wildman–Crippen MR) is 58.7 cm³/mol. The summed E-state index contributed by atoms with van der Waals surface area (Å²) < 4.78 is 11.2. The molecule has 0 amide bonds. The summed E-state index contributed by atoms with van der Waals surface area (Å²) in [5, 5.41) is 12.3. The average molecular weight is 234 g/mol. The molecular weight excluding hydrogens is 224 g/mol. The number of carbonyl (C=O) groups is 1. The molecular formula is C11H10N2O4.